The van der Waals surface area contributed by atoms with Gasteiger partial charge in [-0.2, -0.15) is 0 Å². The van der Waals surface area contributed by atoms with Crippen LogP contribution in [0.3, 0.4) is 0 Å². The Morgan fingerprint density at radius 1 is 1.36 bits per heavy atom. The first-order chi connectivity index (χ1) is 10.3. The maximum Gasteiger partial charge on any atom is 0.320 e. The molecule has 22 heavy (non-hydrogen) atoms. The lowest BCUT2D eigenvalue weighted by Crippen LogP contribution is -2.37. The van der Waals surface area contributed by atoms with Gasteiger partial charge in [-0.25, -0.2) is 0 Å². The summed E-state index contributed by atoms with van der Waals surface area (Å²) in [5.74, 6) is -0.768. The molecule has 122 valence electrons. The van der Waals surface area contributed by atoms with Crippen LogP contribution in [-0.4, -0.2) is 23.7 Å². The van der Waals surface area contributed by atoms with Gasteiger partial charge in [0.2, 0.25) is 0 Å². The lowest BCUT2D eigenvalue weighted by Gasteiger charge is -2.22. The van der Waals surface area contributed by atoms with Crippen LogP contribution in [0.25, 0.3) is 0 Å². The highest BCUT2D eigenvalue weighted by Gasteiger charge is 2.20. The number of carboxylic acids is 1. The van der Waals surface area contributed by atoms with Crippen molar-refractivity contribution < 1.29 is 14.6 Å². The first-order valence-corrected chi connectivity index (χ1v) is 8.00. The Labute approximate surface area is 132 Å². The Morgan fingerprint density at radius 2 is 2.14 bits per heavy atom. The molecule has 1 aliphatic heterocycles. The minimum absolute atomic E-state index is 0.154. The number of hydrogen-bond donors (Lipinski definition) is 2. The normalized spacial score (nSPS) is 16.1. The van der Waals surface area contributed by atoms with Crippen molar-refractivity contribution in [2.45, 2.75) is 59.2 Å². The fraction of sp³-hybridized carbons (Fsp3) is 0.611. The Bertz CT molecular complexity index is 520. The number of benzene rings is 1. The summed E-state index contributed by atoms with van der Waals surface area (Å²) in [6.45, 7) is 8.46. The molecule has 0 aromatic heterocycles. The third-order valence-corrected chi connectivity index (χ3v) is 4.08. The molecule has 1 aromatic carbocycles. The Balaban J connectivity index is 1.93. The van der Waals surface area contributed by atoms with E-state index in [1.54, 1.807) is 0 Å². The fourth-order valence-electron chi connectivity index (χ4n) is 2.66. The number of carboxylic acid groups (broad SMARTS) is 1. The third-order valence-electron chi connectivity index (χ3n) is 4.08. The van der Waals surface area contributed by atoms with E-state index in [0.717, 1.165) is 25.0 Å². The quantitative estimate of drug-likeness (QED) is 0.848. The van der Waals surface area contributed by atoms with Crippen LogP contribution in [0.2, 0.25) is 0 Å². The van der Waals surface area contributed by atoms with Crippen molar-refractivity contribution in [1.29, 1.82) is 0 Å². The van der Waals surface area contributed by atoms with E-state index in [-0.39, 0.29) is 5.41 Å². The molecule has 0 saturated heterocycles. The molecule has 1 aromatic rings. The molecule has 1 unspecified atom stereocenters. The third kappa shape index (κ3) is 5.11. The summed E-state index contributed by atoms with van der Waals surface area (Å²) in [6, 6.07) is 5.84. The highest BCUT2D eigenvalue weighted by molar-refractivity contribution is 5.73. The number of carbonyl (C=O) groups is 1. The highest BCUT2D eigenvalue weighted by Crippen LogP contribution is 2.22. The summed E-state index contributed by atoms with van der Waals surface area (Å²) in [6.07, 6.45) is 2.48. The molecule has 0 fully saturated rings. The van der Waals surface area contributed by atoms with Gasteiger partial charge in [0.15, 0.2) is 0 Å². The second kappa shape index (κ2) is 7.25. The van der Waals surface area contributed by atoms with E-state index in [4.69, 9.17) is 4.74 Å². The van der Waals surface area contributed by atoms with Crippen LogP contribution in [0, 0.1) is 5.41 Å². The molecule has 0 radical (unpaired) electrons. The molecule has 0 aliphatic carbocycles. The van der Waals surface area contributed by atoms with Crippen molar-refractivity contribution in [1.82, 2.24) is 5.32 Å². The van der Waals surface area contributed by atoms with Gasteiger partial charge in [-0.05, 0) is 41.4 Å². The lowest BCUT2D eigenvalue weighted by atomic mass is 9.88. The van der Waals surface area contributed by atoms with E-state index >= 15 is 0 Å². The maximum atomic E-state index is 11.4. The van der Waals surface area contributed by atoms with Crippen molar-refractivity contribution in [3.8, 4) is 0 Å². The standard InChI is InChI=1S/C18H27NO3/c1-18(2,3)8-6-16(17(20)21)19-11-13-4-5-15-12-22-9-7-14(15)10-13/h4-5,10,16,19H,6-9,11-12H2,1-3H3,(H,20,21). The van der Waals surface area contributed by atoms with Gasteiger partial charge in [0.1, 0.15) is 6.04 Å². The molecule has 0 saturated carbocycles. The van der Waals surface area contributed by atoms with Crippen LogP contribution >= 0.6 is 0 Å². The van der Waals surface area contributed by atoms with Crippen molar-refractivity contribution in [2.75, 3.05) is 6.61 Å². The number of ether oxygens (including phenoxy) is 1. The molecule has 0 spiro atoms. The van der Waals surface area contributed by atoms with E-state index in [1.807, 2.05) is 0 Å². The average Bonchev–Trinajstić information content (AvgIpc) is 2.45. The van der Waals surface area contributed by atoms with Crippen LogP contribution in [0.4, 0.5) is 0 Å². The zero-order valence-electron chi connectivity index (χ0n) is 13.8. The van der Waals surface area contributed by atoms with Gasteiger partial charge in [-0.3, -0.25) is 4.79 Å². The zero-order valence-corrected chi connectivity index (χ0v) is 13.8. The molecule has 1 atom stereocenters. The summed E-state index contributed by atoms with van der Waals surface area (Å²) < 4.78 is 5.44. The highest BCUT2D eigenvalue weighted by atomic mass is 16.5. The van der Waals surface area contributed by atoms with E-state index in [2.05, 4.69) is 44.3 Å². The number of fused-ring (bicyclic) bond motifs is 1. The molecule has 1 aliphatic rings. The molecular weight excluding hydrogens is 278 g/mol. The predicted octanol–water partition coefficient (Wildman–Crippen LogP) is 3.13. The second-order valence-corrected chi connectivity index (χ2v) is 7.28. The van der Waals surface area contributed by atoms with E-state index in [1.165, 1.54) is 11.1 Å². The first kappa shape index (κ1) is 17.0. The number of nitrogens with one attached hydrogen (secondary N) is 1. The van der Waals surface area contributed by atoms with Crippen molar-refractivity contribution in [3.05, 3.63) is 34.9 Å². The predicted molar refractivity (Wildman–Crippen MR) is 86.8 cm³/mol. The average molecular weight is 305 g/mol. The molecule has 4 nitrogen and oxygen atoms in total. The van der Waals surface area contributed by atoms with E-state index in [9.17, 15) is 9.90 Å². The SMILES string of the molecule is CC(C)(C)CCC(NCc1ccc2c(c1)CCOC2)C(=O)O. The molecule has 1 heterocycles. The first-order valence-electron chi connectivity index (χ1n) is 8.00. The molecule has 2 rings (SSSR count). The Kier molecular flexibility index (Phi) is 5.59. The molecule has 2 N–H and O–H groups in total. The van der Waals surface area contributed by atoms with E-state index in [0.29, 0.717) is 19.6 Å². The smallest absolute Gasteiger partial charge is 0.320 e. The molecule has 0 bridgehead atoms. The fourth-order valence-corrected chi connectivity index (χ4v) is 2.66. The van der Waals surface area contributed by atoms with Gasteiger partial charge in [-0.15, -0.1) is 0 Å². The van der Waals surface area contributed by atoms with Gasteiger partial charge >= 0.3 is 5.97 Å². The van der Waals surface area contributed by atoms with Gasteiger partial charge in [0.25, 0.3) is 0 Å². The summed E-state index contributed by atoms with van der Waals surface area (Å²) in [5, 5.41) is 12.5. The van der Waals surface area contributed by atoms with Crippen LogP contribution in [0.5, 0.6) is 0 Å². The van der Waals surface area contributed by atoms with Crippen LogP contribution in [0.1, 0.15) is 50.3 Å². The summed E-state index contributed by atoms with van der Waals surface area (Å²) in [5.41, 5.74) is 3.87. The molecule has 4 heteroatoms. The van der Waals surface area contributed by atoms with E-state index < -0.39 is 12.0 Å². The summed E-state index contributed by atoms with van der Waals surface area (Å²) in [7, 11) is 0. The minimum Gasteiger partial charge on any atom is -0.480 e. The second-order valence-electron chi connectivity index (χ2n) is 7.28. The van der Waals surface area contributed by atoms with Gasteiger partial charge in [0, 0.05) is 6.54 Å². The lowest BCUT2D eigenvalue weighted by molar-refractivity contribution is -0.139. The van der Waals surface area contributed by atoms with Crippen LogP contribution in [-0.2, 0) is 29.1 Å². The molecule has 0 amide bonds. The largest absolute Gasteiger partial charge is 0.480 e. The summed E-state index contributed by atoms with van der Waals surface area (Å²) in [4.78, 5) is 11.4. The van der Waals surface area contributed by atoms with Crippen LogP contribution < -0.4 is 5.32 Å². The van der Waals surface area contributed by atoms with Crippen molar-refractivity contribution in [2.24, 2.45) is 5.41 Å². The minimum atomic E-state index is -0.768. The van der Waals surface area contributed by atoms with Crippen molar-refractivity contribution in [3.63, 3.8) is 0 Å². The van der Waals surface area contributed by atoms with Crippen LogP contribution in [0.15, 0.2) is 18.2 Å². The number of rotatable bonds is 6. The molecular formula is C18H27NO3. The summed E-state index contributed by atoms with van der Waals surface area (Å²) >= 11 is 0. The van der Waals surface area contributed by atoms with Gasteiger partial charge in [-0.1, -0.05) is 39.0 Å². The number of aliphatic carboxylic acids is 1. The topological polar surface area (TPSA) is 58.6 Å². The Hall–Kier alpha value is -1.39. The zero-order chi connectivity index (χ0) is 16.2. The number of hydrogen-bond acceptors (Lipinski definition) is 3. The Morgan fingerprint density at radius 3 is 2.82 bits per heavy atom. The monoisotopic (exact) mass is 305 g/mol. The van der Waals surface area contributed by atoms with Crippen molar-refractivity contribution >= 4 is 5.97 Å². The van der Waals surface area contributed by atoms with Gasteiger partial charge < -0.3 is 15.2 Å². The van der Waals surface area contributed by atoms with Gasteiger partial charge in [0.05, 0.1) is 13.2 Å². The maximum absolute atomic E-state index is 11.4.